The zero-order valence-electron chi connectivity index (χ0n) is 11.1. The molecule has 2 aromatic carbocycles. The Bertz CT molecular complexity index is 688. The molecule has 106 valence electrons. The van der Waals surface area contributed by atoms with Gasteiger partial charge in [0, 0.05) is 0 Å². The maximum Gasteiger partial charge on any atom is 0.248 e. The molecule has 2 amide bonds. The van der Waals surface area contributed by atoms with Crippen LogP contribution in [-0.4, -0.2) is 18.4 Å². The quantitative estimate of drug-likeness (QED) is 0.917. The van der Waals surface area contributed by atoms with Crippen LogP contribution in [0.1, 0.15) is 11.6 Å². The summed E-state index contributed by atoms with van der Waals surface area (Å²) in [4.78, 5) is 25.7. The molecule has 1 fully saturated rings. The second-order valence-corrected chi connectivity index (χ2v) is 4.75. The Kier molecular flexibility index (Phi) is 3.39. The molecule has 4 nitrogen and oxygen atoms in total. The van der Waals surface area contributed by atoms with Gasteiger partial charge in [-0.1, -0.05) is 42.5 Å². The highest BCUT2D eigenvalue weighted by atomic mass is 19.1. The van der Waals surface area contributed by atoms with Crippen molar-refractivity contribution in [2.24, 2.45) is 0 Å². The average molecular weight is 284 g/mol. The molecule has 1 heterocycles. The second kappa shape index (κ2) is 5.36. The van der Waals surface area contributed by atoms with Gasteiger partial charge in [-0.25, -0.2) is 4.39 Å². The van der Waals surface area contributed by atoms with Crippen LogP contribution in [0.15, 0.2) is 54.6 Å². The smallest absolute Gasteiger partial charge is 0.248 e. The van der Waals surface area contributed by atoms with Crippen LogP contribution in [0.5, 0.6) is 0 Å². The molecular formula is C16H13FN2O2. The number of rotatable bonds is 2. The van der Waals surface area contributed by atoms with Crippen LogP contribution in [-0.2, 0) is 9.59 Å². The topological polar surface area (TPSA) is 49.4 Å². The lowest BCUT2D eigenvalue weighted by atomic mass is 10.0. The standard InChI is InChI=1S/C16H13FN2O2/c17-12-8-4-5-9-13(12)19-14(20)10-18-16(21)15(19)11-6-2-1-3-7-11/h1-9,15H,10H2,(H,18,21). The van der Waals surface area contributed by atoms with Gasteiger partial charge in [-0.2, -0.15) is 0 Å². The van der Waals surface area contributed by atoms with Crippen molar-refractivity contribution in [3.63, 3.8) is 0 Å². The predicted octanol–water partition coefficient (Wildman–Crippen LogP) is 2.03. The molecule has 1 N–H and O–H groups in total. The first-order valence-electron chi connectivity index (χ1n) is 6.58. The molecule has 1 saturated heterocycles. The van der Waals surface area contributed by atoms with Crippen molar-refractivity contribution >= 4 is 17.5 Å². The average Bonchev–Trinajstić information content (AvgIpc) is 2.51. The summed E-state index contributed by atoms with van der Waals surface area (Å²) in [5, 5.41) is 2.55. The van der Waals surface area contributed by atoms with Crippen LogP contribution in [0.2, 0.25) is 0 Å². The number of piperazine rings is 1. The third-order valence-corrected chi connectivity index (χ3v) is 3.42. The van der Waals surface area contributed by atoms with Crippen LogP contribution in [0.4, 0.5) is 10.1 Å². The molecule has 1 aliphatic rings. The van der Waals surface area contributed by atoms with Gasteiger partial charge in [0.05, 0.1) is 12.2 Å². The van der Waals surface area contributed by atoms with Crippen molar-refractivity contribution < 1.29 is 14.0 Å². The summed E-state index contributed by atoms with van der Waals surface area (Å²) in [7, 11) is 0. The van der Waals surface area contributed by atoms with E-state index in [2.05, 4.69) is 5.32 Å². The van der Waals surface area contributed by atoms with Crippen molar-refractivity contribution in [3.05, 3.63) is 66.0 Å². The van der Waals surface area contributed by atoms with E-state index < -0.39 is 11.9 Å². The number of benzene rings is 2. The van der Waals surface area contributed by atoms with Crippen LogP contribution >= 0.6 is 0 Å². The maximum atomic E-state index is 14.0. The van der Waals surface area contributed by atoms with Crippen LogP contribution < -0.4 is 10.2 Å². The molecule has 0 bridgehead atoms. The molecule has 1 aliphatic heterocycles. The molecule has 1 atom stereocenters. The number of anilines is 1. The van der Waals surface area contributed by atoms with Gasteiger partial charge in [-0.05, 0) is 17.7 Å². The van der Waals surface area contributed by atoms with Crippen molar-refractivity contribution in [1.29, 1.82) is 0 Å². The highest BCUT2D eigenvalue weighted by Gasteiger charge is 2.37. The van der Waals surface area contributed by atoms with Crippen LogP contribution in [0.3, 0.4) is 0 Å². The molecule has 0 spiro atoms. The van der Waals surface area contributed by atoms with Gasteiger partial charge in [-0.3, -0.25) is 14.5 Å². The minimum Gasteiger partial charge on any atom is -0.345 e. The Morgan fingerprint density at radius 1 is 1.00 bits per heavy atom. The fourth-order valence-corrected chi connectivity index (χ4v) is 2.46. The van der Waals surface area contributed by atoms with Gasteiger partial charge in [-0.15, -0.1) is 0 Å². The molecule has 21 heavy (non-hydrogen) atoms. The van der Waals surface area contributed by atoms with E-state index in [9.17, 15) is 14.0 Å². The molecule has 3 rings (SSSR count). The Labute approximate surface area is 121 Å². The van der Waals surface area contributed by atoms with E-state index in [4.69, 9.17) is 0 Å². The minimum atomic E-state index is -0.857. The number of amides is 2. The van der Waals surface area contributed by atoms with Crippen LogP contribution in [0, 0.1) is 5.82 Å². The number of nitrogens with zero attached hydrogens (tertiary/aromatic N) is 1. The Balaban J connectivity index is 2.11. The summed E-state index contributed by atoms with van der Waals surface area (Å²) in [6, 6.07) is 14.0. The van der Waals surface area contributed by atoms with Crippen molar-refractivity contribution in [3.8, 4) is 0 Å². The Morgan fingerprint density at radius 3 is 2.38 bits per heavy atom. The van der Waals surface area contributed by atoms with Gasteiger partial charge in [0.15, 0.2) is 0 Å². The fraction of sp³-hybridized carbons (Fsp3) is 0.125. The largest absolute Gasteiger partial charge is 0.345 e. The molecule has 0 radical (unpaired) electrons. The molecule has 1 unspecified atom stereocenters. The Hall–Kier alpha value is -2.69. The summed E-state index contributed by atoms with van der Waals surface area (Å²) < 4.78 is 14.0. The number of hydrogen-bond acceptors (Lipinski definition) is 2. The molecule has 5 heteroatoms. The summed E-state index contributed by atoms with van der Waals surface area (Å²) in [6.07, 6.45) is 0. The summed E-state index contributed by atoms with van der Waals surface area (Å²) in [6.45, 7) is -0.128. The summed E-state index contributed by atoms with van der Waals surface area (Å²) >= 11 is 0. The predicted molar refractivity (Wildman–Crippen MR) is 76.1 cm³/mol. The molecule has 0 saturated carbocycles. The van der Waals surface area contributed by atoms with E-state index in [1.54, 1.807) is 36.4 Å². The number of carbonyl (C=O) groups excluding carboxylic acids is 2. The molecule has 0 aromatic heterocycles. The highest BCUT2D eigenvalue weighted by Crippen LogP contribution is 2.31. The summed E-state index contributed by atoms with van der Waals surface area (Å²) in [5.41, 5.74) is 0.762. The monoisotopic (exact) mass is 284 g/mol. The third-order valence-electron chi connectivity index (χ3n) is 3.42. The highest BCUT2D eigenvalue weighted by molar-refractivity contribution is 6.06. The normalized spacial score (nSPS) is 18.5. The number of para-hydroxylation sites is 1. The van der Waals surface area contributed by atoms with Gasteiger partial charge in [0.25, 0.3) is 0 Å². The summed E-state index contributed by atoms with van der Waals surface area (Å²) in [5.74, 6) is -1.18. The zero-order chi connectivity index (χ0) is 14.8. The van der Waals surface area contributed by atoms with Crippen molar-refractivity contribution in [2.45, 2.75) is 6.04 Å². The van der Waals surface area contributed by atoms with E-state index in [1.807, 2.05) is 6.07 Å². The second-order valence-electron chi connectivity index (χ2n) is 4.75. The lowest BCUT2D eigenvalue weighted by molar-refractivity contribution is -0.131. The van der Waals surface area contributed by atoms with E-state index >= 15 is 0 Å². The Morgan fingerprint density at radius 2 is 1.67 bits per heavy atom. The van der Waals surface area contributed by atoms with E-state index in [0.717, 1.165) is 0 Å². The van der Waals surface area contributed by atoms with E-state index in [0.29, 0.717) is 5.56 Å². The third kappa shape index (κ3) is 2.38. The zero-order valence-corrected chi connectivity index (χ0v) is 11.1. The van der Waals surface area contributed by atoms with Gasteiger partial charge in [0.1, 0.15) is 11.9 Å². The lowest BCUT2D eigenvalue weighted by Gasteiger charge is -2.35. The number of nitrogens with one attached hydrogen (secondary N) is 1. The first-order chi connectivity index (χ1) is 10.2. The number of halogens is 1. The molecular weight excluding hydrogens is 271 g/mol. The first kappa shape index (κ1) is 13.3. The maximum absolute atomic E-state index is 14.0. The number of carbonyl (C=O) groups is 2. The SMILES string of the molecule is O=C1NCC(=O)N(c2ccccc2F)C1c1ccccc1. The molecule has 0 aliphatic carbocycles. The van der Waals surface area contributed by atoms with E-state index in [1.165, 1.54) is 17.0 Å². The van der Waals surface area contributed by atoms with Gasteiger partial charge >= 0.3 is 0 Å². The molecule has 2 aromatic rings. The minimum absolute atomic E-state index is 0.117. The number of hydrogen-bond donors (Lipinski definition) is 1. The fourth-order valence-electron chi connectivity index (χ4n) is 2.46. The van der Waals surface area contributed by atoms with Gasteiger partial charge < -0.3 is 5.32 Å². The van der Waals surface area contributed by atoms with Crippen molar-refractivity contribution in [2.75, 3.05) is 11.4 Å². The van der Waals surface area contributed by atoms with Gasteiger partial charge in [0.2, 0.25) is 11.8 Å². The van der Waals surface area contributed by atoms with E-state index in [-0.39, 0.29) is 24.0 Å². The lowest BCUT2D eigenvalue weighted by Crippen LogP contribution is -2.54. The van der Waals surface area contributed by atoms with Crippen LogP contribution in [0.25, 0.3) is 0 Å². The first-order valence-corrected chi connectivity index (χ1v) is 6.58. The van der Waals surface area contributed by atoms with Crippen molar-refractivity contribution in [1.82, 2.24) is 5.32 Å².